The second kappa shape index (κ2) is 51.2. The largest absolute Gasteiger partial charge is 0.668 e. The number of carbonyl (C=O) groups excluding carboxylic acids is 8. The minimum absolute atomic E-state index is 0. The standard InChI is InChI=1S/C54H94N7O17.V/c1-40(62)20-16-14-12-10-8-6-4-5-7-9-11-13-15-17-22-49(67)59-44(42(3)64)23-26-48(66)57-30-32-75-34-36-77-38-51(69)58-31-33-76-35-37-78-39-52(70)61-46(54(73)74)25-28-50(68)60-45(53(71)72)24-27-47(65)56-29-19-18-21-43(55)41(2)63;/h43-46,55,62H,1,4-39H2,2-3H3,(H,56,65)(H,57,66)(H,58,69)(H,59,67)(H,60,68)(H,61,70)(H,71,72)(H,73,74);/q-1;/t43-,44-,45-,46-;/m0./s1. The average Bonchev–Trinajstić information content (AvgIpc) is 3.38. The van der Waals surface area contributed by atoms with Crippen molar-refractivity contribution in [1.82, 2.24) is 31.9 Å². The molecule has 0 fully saturated rings. The third kappa shape index (κ3) is 48.6. The number of Topliss-reactive ketones (excluding diaryl/α,β-unsaturated/α-hetero) is 2. The number of hydrogen-bond donors (Lipinski definition) is 9. The number of nitrogens with one attached hydrogen (secondary N) is 7. The van der Waals surface area contributed by atoms with E-state index in [2.05, 4.69) is 38.5 Å². The van der Waals surface area contributed by atoms with Gasteiger partial charge in [-0.3, -0.25) is 33.6 Å². The molecule has 0 spiro atoms. The van der Waals surface area contributed by atoms with Crippen LogP contribution in [-0.4, -0.2) is 171 Å². The molecule has 0 saturated carbocycles. The zero-order valence-electron chi connectivity index (χ0n) is 47.0. The summed E-state index contributed by atoms with van der Waals surface area (Å²) in [6.07, 6.45) is 17.6. The monoisotopic (exact) mass is 1160 g/mol. The number of ether oxygens (including phenoxy) is 4. The van der Waals surface area contributed by atoms with Gasteiger partial charge >= 0.3 is 11.9 Å². The molecular formula is C54H94N7O17V-. The van der Waals surface area contributed by atoms with Crippen LogP contribution in [0.4, 0.5) is 0 Å². The van der Waals surface area contributed by atoms with E-state index in [4.69, 9.17) is 29.8 Å². The minimum atomic E-state index is -1.48. The number of carboxylic acids is 2. The Morgan fingerprint density at radius 2 is 0.759 bits per heavy atom. The predicted molar refractivity (Wildman–Crippen MR) is 290 cm³/mol. The number of hydrogen-bond acceptors (Lipinski definition) is 15. The van der Waals surface area contributed by atoms with Crippen LogP contribution >= 0.6 is 0 Å². The molecule has 453 valence electrons. The number of ketones is 2. The van der Waals surface area contributed by atoms with Gasteiger partial charge in [0, 0.05) is 70.3 Å². The molecule has 0 saturated heterocycles. The molecule has 0 rings (SSSR count). The van der Waals surface area contributed by atoms with Gasteiger partial charge in [-0.05, 0) is 52.4 Å². The van der Waals surface area contributed by atoms with Crippen molar-refractivity contribution in [2.24, 2.45) is 0 Å². The number of aliphatic carboxylic acids is 2. The first-order valence-corrected chi connectivity index (χ1v) is 27.9. The maximum absolute atomic E-state index is 12.5. The Kier molecular flexibility index (Phi) is 49.3. The molecule has 4 atom stereocenters. The van der Waals surface area contributed by atoms with E-state index in [-0.39, 0.29) is 146 Å². The molecule has 10 N–H and O–H groups in total. The van der Waals surface area contributed by atoms with Crippen LogP contribution in [0.15, 0.2) is 12.3 Å². The van der Waals surface area contributed by atoms with Crippen LogP contribution in [0.1, 0.15) is 174 Å². The fourth-order valence-corrected chi connectivity index (χ4v) is 7.65. The summed E-state index contributed by atoms with van der Waals surface area (Å²) >= 11 is 0. The van der Waals surface area contributed by atoms with Crippen molar-refractivity contribution in [3.05, 3.63) is 18.1 Å². The van der Waals surface area contributed by atoms with Gasteiger partial charge in [-0.25, -0.2) is 9.59 Å². The summed E-state index contributed by atoms with van der Waals surface area (Å²) in [4.78, 5) is 120. The summed E-state index contributed by atoms with van der Waals surface area (Å²) in [7, 11) is 0. The summed E-state index contributed by atoms with van der Waals surface area (Å²) in [6.45, 7) is 6.79. The molecule has 0 aromatic carbocycles. The number of aliphatic hydroxyl groups excluding tert-OH is 1. The fourth-order valence-electron chi connectivity index (χ4n) is 7.65. The minimum Gasteiger partial charge on any atom is -0.668 e. The van der Waals surface area contributed by atoms with Gasteiger partial charge < -0.3 is 76.7 Å². The number of carboxylic acid groups (broad SMARTS) is 2. The molecule has 6 amide bonds. The van der Waals surface area contributed by atoms with Gasteiger partial charge in [0.15, 0.2) is 5.78 Å². The predicted octanol–water partition coefficient (Wildman–Crippen LogP) is 4.45. The molecule has 0 aliphatic rings. The third-order valence-corrected chi connectivity index (χ3v) is 12.3. The molecule has 79 heavy (non-hydrogen) atoms. The Morgan fingerprint density at radius 1 is 0.392 bits per heavy atom. The Labute approximate surface area is 478 Å². The zero-order chi connectivity index (χ0) is 58.2. The van der Waals surface area contributed by atoms with E-state index < -0.39 is 72.8 Å². The van der Waals surface area contributed by atoms with Crippen molar-refractivity contribution in [3.8, 4) is 0 Å². The number of aliphatic hydroxyl groups is 1. The molecule has 0 unspecified atom stereocenters. The van der Waals surface area contributed by atoms with Gasteiger partial charge in [0.25, 0.3) is 0 Å². The maximum Gasteiger partial charge on any atom is 0.326 e. The van der Waals surface area contributed by atoms with Gasteiger partial charge in [-0.2, -0.15) is 0 Å². The number of amides is 6. The molecule has 24 nitrogen and oxygen atoms in total. The number of unbranched alkanes of at least 4 members (excludes halogenated alkanes) is 14. The van der Waals surface area contributed by atoms with Gasteiger partial charge in [0.05, 0.1) is 51.4 Å². The number of rotatable bonds is 54. The van der Waals surface area contributed by atoms with E-state index >= 15 is 0 Å². The molecule has 0 aliphatic carbocycles. The topological polar surface area (TPSA) is 364 Å². The van der Waals surface area contributed by atoms with Crippen LogP contribution in [0.5, 0.6) is 0 Å². The van der Waals surface area contributed by atoms with Crippen molar-refractivity contribution in [2.75, 3.05) is 72.5 Å². The van der Waals surface area contributed by atoms with Crippen molar-refractivity contribution in [3.63, 3.8) is 0 Å². The van der Waals surface area contributed by atoms with E-state index in [1.807, 2.05) is 0 Å². The van der Waals surface area contributed by atoms with Gasteiger partial charge in [-0.15, -0.1) is 0 Å². The first kappa shape index (κ1) is 76.1. The van der Waals surface area contributed by atoms with E-state index in [9.17, 15) is 58.2 Å². The Bertz CT molecular complexity index is 1780. The van der Waals surface area contributed by atoms with Crippen LogP contribution in [0, 0.1) is 0 Å². The zero-order valence-corrected chi connectivity index (χ0v) is 48.4. The van der Waals surface area contributed by atoms with Gasteiger partial charge in [-0.1, -0.05) is 103 Å². The maximum atomic E-state index is 12.5. The van der Waals surface area contributed by atoms with E-state index in [0.29, 0.717) is 32.1 Å². The van der Waals surface area contributed by atoms with Crippen molar-refractivity contribution >= 4 is 58.9 Å². The summed E-state index contributed by atoms with van der Waals surface area (Å²) < 4.78 is 21.3. The van der Waals surface area contributed by atoms with Crippen LogP contribution in [0.2, 0.25) is 0 Å². The van der Waals surface area contributed by atoms with Crippen LogP contribution < -0.4 is 31.9 Å². The molecule has 0 heterocycles. The van der Waals surface area contributed by atoms with Crippen molar-refractivity contribution in [2.45, 2.75) is 199 Å². The van der Waals surface area contributed by atoms with E-state index in [0.717, 1.165) is 38.5 Å². The summed E-state index contributed by atoms with van der Waals surface area (Å²) in [5.74, 6) is -5.86. The second-order valence-electron chi connectivity index (χ2n) is 19.3. The van der Waals surface area contributed by atoms with Crippen LogP contribution in [-0.2, 0) is 85.4 Å². The Balaban J connectivity index is 0. The Morgan fingerprint density at radius 3 is 1.22 bits per heavy atom. The summed E-state index contributed by atoms with van der Waals surface area (Å²) in [5, 5.41) is 43.3. The quantitative estimate of drug-likeness (QED) is 0.0300. The summed E-state index contributed by atoms with van der Waals surface area (Å²) in [6, 6.07) is -4.43. The van der Waals surface area contributed by atoms with Crippen LogP contribution in [0.3, 0.4) is 0 Å². The molecular weight excluding hydrogens is 1070 g/mol. The molecule has 0 aromatic heterocycles. The Hall–Kier alpha value is -4.98. The van der Waals surface area contributed by atoms with Crippen molar-refractivity contribution < 1.29 is 101 Å². The molecule has 0 aliphatic heterocycles. The number of carbonyl (C=O) groups is 10. The van der Waals surface area contributed by atoms with Crippen LogP contribution in [0.25, 0.3) is 5.73 Å². The van der Waals surface area contributed by atoms with E-state index in [1.54, 1.807) is 0 Å². The van der Waals surface area contributed by atoms with Gasteiger partial charge in [0.2, 0.25) is 35.4 Å². The smallest absolute Gasteiger partial charge is 0.326 e. The normalized spacial score (nSPS) is 12.4. The molecule has 25 heteroatoms. The summed E-state index contributed by atoms with van der Waals surface area (Å²) in [5.41, 5.74) is 7.59. The van der Waals surface area contributed by atoms with Crippen molar-refractivity contribution in [1.29, 1.82) is 0 Å². The first-order chi connectivity index (χ1) is 37.3. The first-order valence-electron chi connectivity index (χ1n) is 27.9. The molecule has 0 bridgehead atoms. The number of allylic oxidation sites excluding steroid dienone is 1. The van der Waals surface area contributed by atoms with Gasteiger partial charge in [0.1, 0.15) is 31.1 Å². The SMILES string of the molecule is C=C(O)CCCCCCCCCCCCCCCCC(=O)N[C@@H](CCC(=O)NCCOCCOCC(=O)NCCOCCOCC(=O)N[C@@H](CCC(=O)N[C@@H](CCC(=O)NCCCC[C@H]([NH-])C(C)=O)C(=O)O)C(=O)O)C(C)=O.[V]. The fraction of sp³-hybridized carbons (Fsp3) is 0.778. The second-order valence-corrected chi connectivity index (χ2v) is 19.3. The molecule has 1 radical (unpaired) electrons. The average molecular weight is 1160 g/mol. The molecule has 0 aromatic rings. The van der Waals surface area contributed by atoms with E-state index in [1.165, 1.54) is 65.2 Å². The third-order valence-electron chi connectivity index (χ3n) is 12.3.